The van der Waals surface area contributed by atoms with E-state index in [-0.39, 0.29) is 24.7 Å². The van der Waals surface area contributed by atoms with Gasteiger partial charge in [-0.1, -0.05) is 42.0 Å². The molecule has 1 heterocycles. The third-order valence-electron chi connectivity index (χ3n) is 4.56. The first-order valence-electron chi connectivity index (χ1n) is 9.29. The number of rotatable bonds is 8. The summed E-state index contributed by atoms with van der Waals surface area (Å²) in [5, 5.41) is 7.09. The molecule has 0 radical (unpaired) electrons. The summed E-state index contributed by atoms with van der Waals surface area (Å²) in [5.74, 6) is 0.411. The van der Waals surface area contributed by atoms with E-state index in [4.69, 9.17) is 17.0 Å². The van der Waals surface area contributed by atoms with E-state index in [1.54, 1.807) is 30.1 Å². The van der Waals surface area contributed by atoms with Crippen LogP contribution in [0.25, 0.3) is 11.4 Å². The zero-order valence-electron chi connectivity index (χ0n) is 16.4. The van der Waals surface area contributed by atoms with Crippen LogP contribution in [0.1, 0.15) is 12.0 Å². The first-order chi connectivity index (χ1) is 14.0. The van der Waals surface area contributed by atoms with Crippen molar-refractivity contribution in [3.8, 4) is 17.1 Å². The Balaban J connectivity index is 1.55. The number of aryl methyl sites for hydroxylation is 1. The molecule has 8 heteroatoms. The molecular weight excluding hydrogens is 391 g/mol. The maximum Gasteiger partial charge on any atom is 0.224 e. The summed E-state index contributed by atoms with van der Waals surface area (Å²) in [6, 6.07) is 14.2. The van der Waals surface area contributed by atoms with Crippen LogP contribution in [0.5, 0.6) is 5.75 Å². The molecule has 0 aliphatic heterocycles. The second kappa shape index (κ2) is 9.47. The fourth-order valence-corrected chi connectivity index (χ4v) is 3.05. The van der Waals surface area contributed by atoms with Gasteiger partial charge in [0.15, 0.2) is 22.2 Å². The van der Waals surface area contributed by atoms with Crippen LogP contribution in [0, 0.1) is 17.5 Å². The fourth-order valence-electron chi connectivity index (χ4n) is 2.83. The average Bonchev–Trinajstić information content (AvgIpc) is 3.08. The molecule has 1 amide bonds. The molecule has 1 N–H and O–H groups in total. The predicted octanol–water partition coefficient (Wildman–Crippen LogP) is 3.98. The van der Waals surface area contributed by atoms with Crippen molar-refractivity contribution >= 4 is 18.1 Å². The fraction of sp³-hybridized carbons (Fsp3) is 0.286. The van der Waals surface area contributed by atoms with Gasteiger partial charge in [-0.25, -0.2) is 4.39 Å². The number of aromatic nitrogens is 3. The first-order valence-corrected chi connectivity index (χ1v) is 9.70. The standard InChI is InChI=1S/C21H23FN4O2S/c1-15-7-9-16(10-8-15)20-23-24-21(29)26(20)12-11-19(27)25(2)13-14-28-18-6-4-3-5-17(18)22/h3-10H,11-14H2,1-2H3,(H,24,29). The van der Waals surface area contributed by atoms with Gasteiger partial charge in [-0.15, -0.1) is 0 Å². The topological polar surface area (TPSA) is 63.2 Å². The Morgan fingerprint density at radius 3 is 2.69 bits per heavy atom. The summed E-state index contributed by atoms with van der Waals surface area (Å²) in [5.41, 5.74) is 2.09. The number of carbonyl (C=O) groups is 1. The van der Waals surface area contributed by atoms with Gasteiger partial charge in [0, 0.05) is 25.6 Å². The van der Waals surface area contributed by atoms with E-state index in [2.05, 4.69) is 10.2 Å². The van der Waals surface area contributed by atoms with Crippen molar-refractivity contribution in [1.29, 1.82) is 0 Å². The lowest BCUT2D eigenvalue weighted by molar-refractivity contribution is -0.130. The Bertz CT molecular complexity index is 1030. The number of nitrogens with zero attached hydrogens (tertiary/aromatic N) is 3. The molecule has 0 saturated heterocycles. The average molecular weight is 415 g/mol. The highest BCUT2D eigenvalue weighted by atomic mass is 32.1. The summed E-state index contributed by atoms with van der Waals surface area (Å²) in [6.45, 7) is 3.00. The number of carbonyl (C=O) groups excluding carboxylic acids is 1. The first kappa shape index (κ1) is 20.7. The molecule has 0 fully saturated rings. The van der Waals surface area contributed by atoms with Gasteiger partial charge in [-0.3, -0.25) is 14.5 Å². The monoisotopic (exact) mass is 414 g/mol. The third-order valence-corrected chi connectivity index (χ3v) is 4.88. The molecule has 6 nitrogen and oxygen atoms in total. The maximum absolute atomic E-state index is 13.6. The summed E-state index contributed by atoms with van der Waals surface area (Å²) >= 11 is 5.32. The molecule has 29 heavy (non-hydrogen) atoms. The van der Waals surface area contributed by atoms with Crippen LogP contribution < -0.4 is 4.74 Å². The van der Waals surface area contributed by atoms with Crippen LogP contribution in [-0.2, 0) is 11.3 Å². The van der Waals surface area contributed by atoms with Gasteiger partial charge < -0.3 is 9.64 Å². The molecule has 2 aromatic carbocycles. The SMILES string of the molecule is Cc1ccc(-c2n[nH]c(=S)n2CCC(=O)N(C)CCOc2ccccc2F)cc1. The van der Waals surface area contributed by atoms with Gasteiger partial charge in [-0.05, 0) is 31.3 Å². The van der Waals surface area contributed by atoms with E-state index in [0.717, 1.165) is 11.1 Å². The molecule has 0 aliphatic carbocycles. The molecule has 0 atom stereocenters. The van der Waals surface area contributed by atoms with E-state index >= 15 is 0 Å². The summed E-state index contributed by atoms with van der Waals surface area (Å²) in [6.07, 6.45) is 0.267. The molecule has 0 aliphatic rings. The van der Waals surface area contributed by atoms with Gasteiger partial charge in [0.05, 0.1) is 6.54 Å². The maximum atomic E-state index is 13.6. The second-order valence-electron chi connectivity index (χ2n) is 6.71. The number of amides is 1. The number of aromatic amines is 1. The highest BCUT2D eigenvalue weighted by molar-refractivity contribution is 7.71. The van der Waals surface area contributed by atoms with Gasteiger partial charge in [0.2, 0.25) is 5.91 Å². The van der Waals surface area contributed by atoms with Crippen molar-refractivity contribution < 1.29 is 13.9 Å². The van der Waals surface area contributed by atoms with Crippen molar-refractivity contribution in [3.05, 3.63) is 64.7 Å². The summed E-state index contributed by atoms with van der Waals surface area (Å²) in [7, 11) is 1.70. The Morgan fingerprint density at radius 1 is 1.24 bits per heavy atom. The number of halogens is 1. The van der Waals surface area contributed by atoms with E-state index < -0.39 is 5.82 Å². The van der Waals surface area contributed by atoms with Crippen LogP contribution in [-0.4, -0.2) is 45.8 Å². The highest BCUT2D eigenvalue weighted by Gasteiger charge is 2.13. The molecule has 3 rings (SSSR count). The highest BCUT2D eigenvalue weighted by Crippen LogP contribution is 2.18. The lowest BCUT2D eigenvalue weighted by atomic mass is 10.1. The van der Waals surface area contributed by atoms with Crippen molar-refractivity contribution in [2.45, 2.75) is 19.9 Å². The van der Waals surface area contributed by atoms with Crippen LogP contribution >= 0.6 is 12.2 Å². The van der Waals surface area contributed by atoms with Crippen LogP contribution in [0.2, 0.25) is 0 Å². The zero-order valence-corrected chi connectivity index (χ0v) is 17.2. The van der Waals surface area contributed by atoms with Crippen molar-refractivity contribution in [2.24, 2.45) is 0 Å². The third kappa shape index (κ3) is 5.29. The lowest BCUT2D eigenvalue weighted by Gasteiger charge is -2.18. The molecule has 152 valence electrons. The number of hydrogen-bond acceptors (Lipinski definition) is 4. The molecule has 0 unspecified atom stereocenters. The number of H-pyrrole nitrogens is 1. The van der Waals surface area contributed by atoms with Gasteiger partial charge >= 0.3 is 0 Å². The molecule has 1 aromatic heterocycles. The number of para-hydroxylation sites is 1. The minimum absolute atomic E-state index is 0.0555. The van der Waals surface area contributed by atoms with Crippen LogP contribution in [0.15, 0.2) is 48.5 Å². The zero-order chi connectivity index (χ0) is 20.8. The van der Waals surface area contributed by atoms with E-state index in [1.165, 1.54) is 6.07 Å². The number of ether oxygens (including phenoxy) is 1. The molecule has 0 bridgehead atoms. The van der Waals surface area contributed by atoms with Crippen LogP contribution in [0.4, 0.5) is 4.39 Å². The van der Waals surface area contributed by atoms with Gasteiger partial charge in [0.25, 0.3) is 0 Å². The van der Waals surface area contributed by atoms with Gasteiger partial charge in [0.1, 0.15) is 6.61 Å². The Morgan fingerprint density at radius 2 is 1.97 bits per heavy atom. The molecule has 0 saturated carbocycles. The smallest absolute Gasteiger partial charge is 0.224 e. The number of nitrogens with one attached hydrogen (secondary N) is 1. The van der Waals surface area contributed by atoms with E-state index in [0.29, 0.717) is 23.7 Å². The summed E-state index contributed by atoms with van der Waals surface area (Å²) < 4.78 is 21.3. The van der Waals surface area contributed by atoms with Crippen molar-refractivity contribution in [2.75, 3.05) is 20.2 Å². The number of benzene rings is 2. The minimum Gasteiger partial charge on any atom is -0.489 e. The van der Waals surface area contributed by atoms with Gasteiger partial charge in [-0.2, -0.15) is 5.10 Å². The molecule has 3 aromatic rings. The predicted molar refractivity (Wildman–Crippen MR) is 112 cm³/mol. The molecule has 0 spiro atoms. The summed E-state index contributed by atoms with van der Waals surface area (Å²) in [4.78, 5) is 14.0. The largest absolute Gasteiger partial charge is 0.489 e. The van der Waals surface area contributed by atoms with Crippen molar-refractivity contribution in [3.63, 3.8) is 0 Å². The number of hydrogen-bond donors (Lipinski definition) is 1. The quantitative estimate of drug-likeness (QED) is 0.567. The van der Waals surface area contributed by atoms with Crippen LogP contribution in [0.3, 0.4) is 0 Å². The Labute approximate surface area is 173 Å². The van der Waals surface area contributed by atoms with E-state index in [9.17, 15) is 9.18 Å². The Hall–Kier alpha value is -3.00. The second-order valence-corrected chi connectivity index (χ2v) is 7.10. The van der Waals surface area contributed by atoms with Crippen molar-refractivity contribution in [1.82, 2.24) is 19.7 Å². The number of likely N-dealkylation sites (N-methyl/N-ethyl adjacent to an activating group) is 1. The Kier molecular flexibility index (Phi) is 6.77. The minimum atomic E-state index is -0.417. The van der Waals surface area contributed by atoms with E-state index in [1.807, 2.05) is 35.8 Å². The lowest BCUT2D eigenvalue weighted by Crippen LogP contribution is -2.31. The normalized spacial score (nSPS) is 10.7. The molecular formula is C21H23FN4O2S.